The minimum Gasteiger partial charge on any atom is -0.274 e. The Kier molecular flexibility index (Phi) is 4.40. The number of benzene rings is 4. The van der Waals surface area contributed by atoms with E-state index in [4.69, 9.17) is 0 Å². The van der Waals surface area contributed by atoms with Gasteiger partial charge in [-0.25, -0.2) is 4.90 Å². The number of anilines is 1. The molecule has 0 saturated carbocycles. The van der Waals surface area contributed by atoms with Crippen LogP contribution < -0.4 is 4.90 Å². The molecule has 8 rings (SSSR count). The van der Waals surface area contributed by atoms with E-state index in [0.717, 1.165) is 16.8 Å². The van der Waals surface area contributed by atoms with Crippen molar-refractivity contribution in [3.8, 4) is 0 Å². The molecule has 0 unspecified atom stereocenters. The van der Waals surface area contributed by atoms with Gasteiger partial charge in [-0.3, -0.25) is 9.59 Å². The Bertz CT molecular complexity index is 1510. The van der Waals surface area contributed by atoms with Gasteiger partial charge in [-0.05, 0) is 58.7 Å². The minimum absolute atomic E-state index is 0.121. The van der Waals surface area contributed by atoms with E-state index in [0.29, 0.717) is 11.4 Å². The van der Waals surface area contributed by atoms with E-state index in [1.54, 1.807) is 24.3 Å². The number of hydrogen-bond donors (Lipinski definition) is 0. The standard InChI is InChI=1S/C31H23N3O2/c1-31-24-13-7-5-11-22(24)26(23-12-6-8-14-25(23)31)27-28(31)30(36)34(29(27)35)21-17-15-20(16-18-21)33-32-19-9-3-2-4-10-19/h2-18,26-28H,1H3/t26?,27-,28-,31?/m0/s1. The fraction of sp³-hybridized carbons (Fsp3) is 0.161. The predicted octanol–water partition coefficient (Wildman–Crippen LogP) is 6.67. The lowest BCUT2D eigenvalue weighted by molar-refractivity contribution is -0.123. The van der Waals surface area contributed by atoms with Crippen molar-refractivity contribution >= 4 is 28.9 Å². The zero-order valence-corrected chi connectivity index (χ0v) is 19.7. The molecule has 0 radical (unpaired) electrons. The summed E-state index contributed by atoms with van der Waals surface area (Å²) in [7, 11) is 0. The van der Waals surface area contributed by atoms with Gasteiger partial charge in [0.05, 0.1) is 28.9 Å². The van der Waals surface area contributed by atoms with Crippen LogP contribution in [0.1, 0.15) is 35.1 Å². The van der Waals surface area contributed by atoms with Gasteiger partial charge in [-0.1, -0.05) is 73.7 Å². The van der Waals surface area contributed by atoms with Crippen LogP contribution in [-0.2, 0) is 15.0 Å². The van der Waals surface area contributed by atoms with E-state index in [2.05, 4.69) is 41.4 Å². The summed E-state index contributed by atoms with van der Waals surface area (Å²) < 4.78 is 0. The van der Waals surface area contributed by atoms with Crippen molar-refractivity contribution < 1.29 is 9.59 Å². The van der Waals surface area contributed by atoms with Crippen LogP contribution in [0.5, 0.6) is 0 Å². The van der Waals surface area contributed by atoms with Crippen LogP contribution in [0.25, 0.3) is 0 Å². The molecule has 174 valence electrons. The van der Waals surface area contributed by atoms with E-state index in [-0.39, 0.29) is 17.7 Å². The molecule has 3 aliphatic carbocycles. The topological polar surface area (TPSA) is 62.1 Å². The molecule has 2 atom stereocenters. The van der Waals surface area contributed by atoms with Crippen LogP contribution >= 0.6 is 0 Å². The first-order valence-corrected chi connectivity index (χ1v) is 12.2. The zero-order chi connectivity index (χ0) is 24.4. The Labute approximate surface area is 209 Å². The first-order valence-electron chi connectivity index (χ1n) is 12.2. The van der Waals surface area contributed by atoms with Crippen molar-refractivity contribution in [1.82, 2.24) is 0 Å². The normalized spacial score (nSPS) is 25.7. The number of hydrogen-bond acceptors (Lipinski definition) is 4. The molecule has 36 heavy (non-hydrogen) atoms. The van der Waals surface area contributed by atoms with E-state index in [1.807, 2.05) is 54.6 Å². The van der Waals surface area contributed by atoms with Gasteiger partial charge in [-0.15, -0.1) is 0 Å². The fourth-order valence-corrected chi connectivity index (χ4v) is 6.68. The van der Waals surface area contributed by atoms with Crippen molar-refractivity contribution in [2.75, 3.05) is 4.90 Å². The van der Waals surface area contributed by atoms with E-state index in [9.17, 15) is 9.59 Å². The third-order valence-corrected chi connectivity index (χ3v) is 8.19. The second-order valence-corrected chi connectivity index (χ2v) is 9.92. The maximum atomic E-state index is 14.0. The van der Waals surface area contributed by atoms with E-state index >= 15 is 0 Å². The average molecular weight is 470 g/mol. The maximum Gasteiger partial charge on any atom is 0.238 e. The van der Waals surface area contributed by atoms with Gasteiger partial charge in [0.1, 0.15) is 0 Å². The zero-order valence-electron chi connectivity index (χ0n) is 19.7. The van der Waals surface area contributed by atoms with Crippen LogP contribution in [-0.4, -0.2) is 11.8 Å². The summed E-state index contributed by atoms with van der Waals surface area (Å²) in [6, 6.07) is 33.3. The largest absolute Gasteiger partial charge is 0.274 e. The van der Waals surface area contributed by atoms with Crippen LogP contribution in [0.15, 0.2) is 113 Å². The summed E-state index contributed by atoms with van der Waals surface area (Å²) in [5, 5.41) is 8.54. The molecule has 2 bridgehead atoms. The van der Waals surface area contributed by atoms with E-state index < -0.39 is 17.3 Å². The van der Waals surface area contributed by atoms with Gasteiger partial charge in [-0.2, -0.15) is 10.2 Å². The SMILES string of the molecule is CC12c3ccccc3C(c3ccccc31)[C@@H]1C(=O)N(c3ccc(N=Nc4ccccc4)cc3)C(=O)[C@H]12. The highest BCUT2D eigenvalue weighted by Crippen LogP contribution is 2.64. The lowest BCUT2D eigenvalue weighted by Gasteiger charge is -2.52. The molecule has 0 spiro atoms. The summed E-state index contributed by atoms with van der Waals surface area (Å²) in [6.45, 7) is 2.14. The highest BCUT2D eigenvalue weighted by Gasteiger charge is 2.66. The molecular weight excluding hydrogens is 446 g/mol. The van der Waals surface area contributed by atoms with Crippen molar-refractivity contribution in [3.63, 3.8) is 0 Å². The lowest BCUT2D eigenvalue weighted by atomic mass is 9.48. The van der Waals surface area contributed by atoms with Crippen LogP contribution in [0.2, 0.25) is 0 Å². The van der Waals surface area contributed by atoms with E-state index in [1.165, 1.54) is 16.0 Å². The Morgan fingerprint density at radius 1 is 0.639 bits per heavy atom. The Morgan fingerprint density at radius 3 is 1.78 bits per heavy atom. The third kappa shape index (κ3) is 2.71. The van der Waals surface area contributed by atoms with Crippen molar-refractivity contribution in [2.45, 2.75) is 18.3 Å². The molecule has 1 saturated heterocycles. The molecule has 0 N–H and O–H groups in total. The van der Waals surface area contributed by atoms with Crippen LogP contribution in [0, 0.1) is 11.8 Å². The second-order valence-electron chi connectivity index (χ2n) is 9.92. The van der Waals surface area contributed by atoms with Gasteiger partial charge in [0.25, 0.3) is 0 Å². The molecule has 0 aromatic heterocycles. The van der Waals surface area contributed by atoms with Gasteiger partial charge < -0.3 is 0 Å². The monoisotopic (exact) mass is 469 g/mol. The number of azo groups is 1. The molecule has 1 aliphatic heterocycles. The van der Waals surface area contributed by atoms with Gasteiger partial charge in [0.2, 0.25) is 11.8 Å². The first-order chi connectivity index (χ1) is 17.6. The van der Waals surface area contributed by atoms with Crippen LogP contribution in [0.3, 0.4) is 0 Å². The number of rotatable bonds is 3. The molecule has 5 heteroatoms. The maximum absolute atomic E-state index is 14.0. The minimum atomic E-state index is -0.558. The Hall–Kier alpha value is -4.38. The predicted molar refractivity (Wildman–Crippen MR) is 138 cm³/mol. The summed E-state index contributed by atoms with van der Waals surface area (Å²) in [5.41, 5.74) is 6.10. The number of amides is 2. The van der Waals surface area contributed by atoms with Gasteiger partial charge >= 0.3 is 0 Å². The third-order valence-electron chi connectivity index (χ3n) is 8.19. The van der Waals surface area contributed by atoms with Gasteiger partial charge in [0.15, 0.2) is 0 Å². The quantitative estimate of drug-likeness (QED) is 0.248. The molecular formula is C31H23N3O2. The number of imide groups is 1. The molecule has 4 aromatic rings. The number of carbonyl (C=O) groups excluding carboxylic acids is 2. The first kappa shape index (κ1) is 20.9. The number of nitrogens with zero attached hydrogens (tertiary/aromatic N) is 3. The summed E-state index contributed by atoms with van der Waals surface area (Å²) in [6.07, 6.45) is 0. The highest BCUT2D eigenvalue weighted by molar-refractivity contribution is 6.23. The molecule has 1 fully saturated rings. The summed E-state index contributed by atoms with van der Waals surface area (Å²) in [4.78, 5) is 29.4. The lowest BCUT2D eigenvalue weighted by Crippen LogP contribution is -2.51. The van der Waals surface area contributed by atoms with Crippen molar-refractivity contribution in [1.29, 1.82) is 0 Å². The Morgan fingerprint density at radius 2 is 1.17 bits per heavy atom. The highest BCUT2D eigenvalue weighted by atomic mass is 16.2. The molecule has 5 nitrogen and oxygen atoms in total. The van der Waals surface area contributed by atoms with Crippen molar-refractivity contribution in [3.05, 3.63) is 125 Å². The molecule has 4 aliphatic rings. The average Bonchev–Trinajstić information content (AvgIpc) is 3.20. The summed E-state index contributed by atoms with van der Waals surface area (Å²) in [5.74, 6) is -1.21. The van der Waals surface area contributed by atoms with Crippen LogP contribution in [0.4, 0.5) is 17.1 Å². The molecule has 2 amide bonds. The van der Waals surface area contributed by atoms with Crippen molar-refractivity contribution in [2.24, 2.45) is 22.1 Å². The second kappa shape index (κ2) is 7.56. The Balaban J connectivity index is 1.28. The molecule has 4 aromatic carbocycles. The fourth-order valence-electron chi connectivity index (χ4n) is 6.68. The summed E-state index contributed by atoms with van der Waals surface area (Å²) >= 11 is 0. The molecule has 1 heterocycles. The smallest absolute Gasteiger partial charge is 0.238 e. The van der Waals surface area contributed by atoms with Gasteiger partial charge in [0, 0.05) is 11.3 Å². The number of carbonyl (C=O) groups is 2.